The van der Waals surface area contributed by atoms with E-state index in [-0.39, 0.29) is 11.9 Å². The smallest absolute Gasteiger partial charge is 0.306 e. The highest BCUT2D eigenvalue weighted by Crippen LogP contribution is 2.43. The summed E-state index contributed by atoms with van der Waals surface area (Å²) >= 11 is 0. The molecule has 0 bridgehead atoms. The van der Waals surface area contributed by atoms with Crippen LogP contribution in [0.15, 0.2) is 48.5 Å². The third-order valence-corrected chi connectivity index (χ3v) is 6.06. The molecule has 31 heavy (non-hydrogen) atoms. The van der Waals surface area contributed by atoms with Gasteiger partial charge in [0.2, 0.25) is 0 Å². The van der Waals surface area contributed by atoms with Gasteiger partial charge in [-0.25, -0.2) is 0 Å². The molecule has 0 amide bonds. The summed E-state index contributed by atoms with van der Waals surface area (Å²) < 4.78 is 5.48. The Kier molecular flexibility index (Phi) is 8.88. The molecular formula is C28H40O3. The summed E-state index contributed by atoms with van der Waals surface area (Å²) in [5.41, 5.74) is 3.13. The van der Waals surface area contributed by atoms with Gasteiger partial charge in [-0.2, -0.15) is 0 Å². The zero-order valence-corrected chi connectivity index (χ0v) is 20.2. The summed E-state index contributed by atoms with van der Waals surface area (Å²) in [6.07, 6.45) is 4.30. The molecule has 0 spiro atoms. The molecule has 0 radical (unpaired) electrons. The number of hydrogen-bond donors (Lipinski definition) is 1. The zero-order chi connectivity index (χ0) is 23.1. The van der Waals surface area contributed by atoms with Crippen molar-refractivity contribution in [1.82, 2.24) is 0 Å². The molecule has 170 valence electrons. The average molecular weight is 425 g/mol. The van der Waals surface area contributed by atoms with E-state index in [4.69, 9.17) is 4.74 Å². The molecule has 0 aliphatic heterocycles. The number of carbonyl (C=O) groups excluding carboxylic acids is 1. The van der Waals surface area contributed by atoms with E-state index in [1.807, 2.05) is 27.7 Å². The lowest BCUT2D eigenvalue weighted by molar-refractivity contribution is -0.155. The van der Waals surface area contributed by atoms with Crippen LogP contribution in [-0.4, -0.2) is 16.7 Å². The molecule has 3 heteroatoms. The van der Waals surface area contributed by atoms with E-state index in [1.54, 1.807) is 0 Å². The van der Waals surface area contributed by atoms with Crippen molar-refractivity contribution < 1.29 is 14.6 Å². The molecule has 2 aromatic carbocycles. The van der Waals surface area contributed by atoms with Gasteiger partial charge in [0.05, 0.1) is 5.60 Å². The third kappa shape index (κ3) is 6.93. The Labute approximate surface area is 188 Å². The average Bonchev–Trinajstić information content (AvgIpc) is 2.75. The summed E-state index contributed by atoms with van der Waals surface area (Å²) in [6, 6.07) is 16.9. The van der Waals surface area contributed by atoms with Crippen molar-refractivity contribution in [3.8, 4) is 0 Å². The number of aliphatic hydroxyl groups is 1. The van der Waals surface area contributed by atoms with Crippen LogP contribution in [0.4, 0.5) is 0 Å². The van der Waals surface area contributed by atoms with Gasteiger partial charge in [-0.3, -0.25) is 4.79 Å². The highest BCUT2D eigenvalue weighted by molar-refractivity contribution is 5.69. The Balaban J connectivity index is 2.31. The van der Waals surface area contributed by atoms with E-state index in [0.29, 0.717) is 25.7 Å². The van der Waals surface area contributed by atoms with Gasteiger partial charge < -0.3 is 9.84 Å². The van der Waals surface area contributed by atoms with Crippen molar-refractivity contribution in [2.45, 2.75) is 97.2 Å². The van der Waals surface area contributed by atoms with Crippen molar-refractivity contribution in [2.24, 2.45) is 0 Å². The normalized spacial score (nSPS) is 14.7. The first-order chi connectivity index (χ1) is 14.6. The van der Waals surface area contributed by atoms with Crippen LogP contribution >= 0.6 is 0 Å². The number of rotatable bonds is 10. The van der Waals surface area contributed by atoms with Crippen LogP contribution in [0.2, 0.25) is 0 Å². The molecule has 2 aromatic rings. The molecule has 2 unspecified atom stereocenters. The quantitative estimate of drug-likeness (QED) is 0.431. The van der Waals surface area contributed by atoms with Gasteiger partial charge in [0.15, 0.2) is 0 Å². The zero-order valence-electron chi connectivity index (χ0n) is 20.2. The van der Waals surface area contributed by atoms with Crippen molar-refractivity contribution in [2.75, 3.05) is 0 Å². The minimum Gasteiger partial charge on any atom is -0.460 e. The standard InChI is InChI=1S/C28H40O3/c1-7-21-13-17-23(18-14-21)25(11-10-12-26(29)31-27(4,5)6)28(30,9-3)24-19-15-22(8-2)16-20-24/h13-20,25,30H,7-12H2,1-6H3. The molecule has 2 atom stereocenters. The van der Waals surface area contributed by atoms with Crippen LogP contribution in [0.5, 0.6) is 0 Å². The largest absolute Gasteiger partial charge is 0.460 e. The Morgan fingerprint density at radius 1 is 0.903 bits per heavy atom. The minimum atomic E-state index is -0.992. The first-order valence-electron chi connectivity index (χ1n) is 11.7. The fourth-order valence-corrected chi connectivity index (χ4v) is 4.19. The van der Waals surface area contributed by atoms with Gasteiger partial charge in [-0.15, -0.1) is 0 Å². The topological polar surface area (TPSA) is 46.5 Å². The number of ether oxygens (including phenoxy) is 1. The van der Waals surface area contributed by atoms with Gasteiger partial charge >= 0.3 is 5.97 Å². The minimum absolute atomic E-state index is 0.0988. The Morgan fingerprint density at radius 3 is 1.87 bits per heavy atom. The lowest BCUT2D eigenvalue weighted by Gasteiger charge is -2.37. The lowest BCUT2D eigenvalue weighted by atomic mass is 9.73. The molecule has 0 saturated carbocycles. The van der Waals surface area contributed by atoms with Gasteiger partial charge in [0.25, 0.3) is 0 Å². The van der Waals surface area contributed by atoms with E-state index in [9.17, 15) is 9.90 Å². The van der Waals surface area contributed by atoms with E-state index in [0.717, 1.165) is 24.0 Å². The second-order valence-electron chi connectivity index (χ2n) is 9.45. The molecule has 0 aromatic heterocycles. The van der Waals surface area contributed by atoms with Gasteiger partial charge in [0.1, 0.15) is 5.60 Å². The maximum Gasteiger partial charge on any atom is 0.306 e. The van der Waals surface area contributed by atoms with Gasteiger partial charge in [0, 0.05) is 12.3 Å². The highest BCUT2D eigenvalue weighted by atomic mass is 16.6. The summed E-state index contributed by atoms with van der Waals surface area (Å²) in [4.78, 5) is 12.2. The second-order valence-corrected chi connectivity index (χ2v) is 9.45. The van der Waals surface area contributed by atoms with Crippen molar-refractivity contribution in [3.63, 3.8) is 0 Å². The maximum absolute atomic E-state index is 12.2. The maximum atomic E-state index is 12.2. The summed E-state index contributed by atoms with van der Waals surface area (Å²) in [6.45, 7) is 12.0. The van der Waals surface area contributed by atoms with Crippen LogP contribution in [-0.2, 0) is 28.0 Å². The number of esters is 1. The fraction of sp³-hybridized carbons (Fsp3) is 0.536. The van der Waals surface area contributed by atoms with E-state index in [1.165, 1.54) is 11.1 Å². The molecule has 0 aliphatic rings. The predicted molar refractivity (Wildman–Crippen MR) is 128 cm³/mol. The molecular weight excluding hydrogens is 384 g/mol. The fourth-order valence-electron chi connectivity index (χ4n) is 4.19. The SMILES string of the molecule is CCc1ccc(C(CCCC(=O)OC(C)(C)C)C(O)(CC)c2ccc(CC)cc2)cc1. The Morgan fingerprint density at radius 2 is 1.42 bits per heavy atom. The number of carbonyl (C=O) groups is 1. The number of benzene rings is 2. The van der Waals surface area contributed by atoms with E-state index < -0.39 is 11.2 Å². The molecule has 0 saturated heterocycles. The highest BCUT2D eigenvalue weighted by Gasteiger charge is 2.37. The van der Waals surface area contributed by atoms with Crippen molar-refractivity contribution in [1.29, 1.82) is 0 Å². The van der Waals surface area contributed by atoms with Crippen LogP contribution in [0.1, 0.15) is 95.4 Å². The molecule has 0 fully saturated rings. The predicted octanol–water partition coefficient (Wildman–Crippen LogP) is 6.70. The van der Waals surface area contributed by atoms with Gasteiger partial charge in [-0.1, -0.05) is 69.3 Å². The van der Waals surface area contributed by atoms with Crippen LogP contribution < -0.4 is 0 Å². The Hall–Kier alpha value is -2.13. The van der Waals surface area contributed by atoms with Crippen LogP contribution in [0, 0.1) is 0 Å². The Bertz CT molecular complexity index is 815. The summed E-state index contributed by atoms with van der Waals surface area (Å²) in [5.74, 6) is -0.279. The first-order valence-corrected chi connectivity index (χ1v) is 11.7. The summed E-state index contributed by atoms with van der Waals surface area (Å²) in [7, 11) is 0. The summed E-state index contributed by atoms with van der Waals surface area (Å²) in [5, 5.41) is 11.9. The van der Waals surface area contributed by atoms with Gasteiger partial charge in [-0.05, 0) is 75.1 Å². The second kappa shape index (κ2) is 10.9. The molecule has 3 nitrogen and oxygen atoms in total. The van der Waals surface area contributed by atoms with Crippen LogP contribution in [0.25, 0.3) is 0 Å². The molecule has 1 N–H and O–H groups in total. The van der Waals surface area contributed by atoms with E-state index >= 15 is 0 Å². The number of aryl methyl sites for hydroxylation is 2. The lowest BCUT2D eigenvalue weighted by Crippen LogP contribution is -2.33. The third-order valence-electron chi connectivity index (χ3n) is 6.06. The van der Waals surface area contributed by atoms with Crippen LogP contribution in [0.3, 0.4) is 0 Å². The van der Waals surface area contributed by atoms with Crippen molar-refractivity contribution in [3.05, 3.63) is 70.8 Å². The monoisotopic (exact) mass is 424 g/mol. The molecule has 2 rings (SSSR count). The molecule has 0 heterocycles. The van der Waals surface area contributed by atoms with Crippen molar-refractivity contribution >= 4 is 5.97 Å². The molecule has 0 aliphatic carbocycles. The van der Waals surface area contributed by atoms with E-state index in [2.05, 4.69) is 62.4 Å². The number of hydrogen-bond acceptors (Lipinski definition) is 3. The first kappa shape index (κ1) is 25.1.